The molecular weight excluding hydrogens is 370 g/mol. The highest BCUT2D eigenvalue weighted by molar-refractivity contribution is 7.09. The molecule has 1 saturated heterocycles. The van der Waals surface area contributed by atoms with Gasteiger partial charge in [-0.25, -0.2) is 9.67 Å². The zero-order valence-corrected chi connectivity index (χ0v) is 16.5. The molecule has 0 aromatic carbocycles. The van der Waals surface area contributed by atoms with Crippen molar-refractivity contribution in [2.75, 3.05) is 6.54 Å². The fourth-order valence-electron chi connectivity index (χ4n) is 3.89. The third kappa shape index (κ3) is 3.77. The summed E-state index contributed by atoms with van der Waals surface area (Å²) < 4.78 is 1.62. The van der Waals surface area contributed by atoms with Gasteiger partial charge in [-0.1, -0.05) is 0 Å². The molecule has 5 rings (SSSR count). The average Bonchev–Trinajstić information content (AvgIpc) is 3.32. The van der Waals surface area contributed by atoms with E-state index >= 15 is 0 Å². The maximum Gasteiger partial charge on any atom is 0.266 e. The van der Waals surface area contributed by atoms with Gasteiger partial charge in [-0.05, 0) is 50.4 Å². The third-order valence-electron chi connectivity index (χ3n) is 5.59. The van der Waals surface area contributed by atoms with Crippen molar-refractivity contribution < 1.29 is 0 Å². The lowest BCUT2D eigenvalue weighted by Gasteiger charge is -2.24. The standard InChI is InChI=1S/C21H23N5OS/c27-20-6-5-19(15-7-9-22-10-8-15)24-26(20)13-18-2-1-11-25(18)12-17-14-28-21(23-17)16-3-4-16/h5-10,14,16,18H,1-4,11-13H2. The van der Waals surface area contributed by atoms with Crippen LogP contribution in [0, 0.1) is 0 Å². The first-order valence-corrected chi connectivity index (χ1v) is 10.8. The van der Waals surface area contributed by atoms with Gasteiger partial charge < -0.3 is 0 Å². The summed E-state index contributed by atoms with van der Waals surface area (Å²) in [6.45, 7) is 2.55. The van der Waals surface area contributed by atoms with E-state index in [9.17, 15) is 4.79 Å². The highest BCUT2D eigenvalue weighted by atomic mass is 32.1. The molecule has 3 aromatic heterocycles. The first kappa shape index (κ1) is 17.7. The molecule has 1 aliphatic heterocycles. The van der Waals surface area contributed by atoms with E-state index in [0.717, 1.165) is 37.2 Å². The molecule has 4 heterocycles. The molecule has 0 amide bonds. The molecule has 2 fully saturated rings. The molecule has 1 atom stereocenters. The van der Waals surface area contributed by atoms with Crippen molar-refractivity contribution in [1.29, 1.82) is 0 Å². The summed E-state index contributed by atoms with van der Waals surface area (Å²) in [6.07, 6.45) is 8.32. The Hall–Kier alpha value is -2.38. The second-order valence-corrected chi connectivity index (χ2v) is 8.58. The molecule has 3 aromatic rings. The van der Waals surface area contributed by atoms with Crippen LogP contribution in [0.1, 0.15) is 42.3 Å². The third-order valence-corrected chi connectivity index (χ3v) is 6.64. The highest BCUT2D eigenvalue weighted by Gasteiger charge is 2.29. The molecule has 1 saturated carbocycles. The first-order valence-electron chi connectivity index (χ1n) is 9.93. The second-order valence-electron chi connectivity index (χ2n) is 7.69. The Kier molecular flexibility index (Phi) is 4.78. The Labute approximate surface area is 167 Å². The van der Waals surface area contributed by atoms with E-state index < -0.39 is 0 Å². The van der Waals surface area contributed by atoms with Crippen LogP contribution >= 0.6 is 11.3 Å². The van der Waals surface area contributed by atoms with Gasteiger partial charge in [0.25, 0.3) is 5.56 Å². The van der Waals surface area contributed by atoms with Crippen LogP contribution < -0.4 is 5.56 Å². The van der Waals surface area contributed by atoms with E-state index in [1.54, 1.807) is 40.5 Å². The van der Waals surface area contributed by atoms with Gasteiger partial charge in [-0.3, -0.25) is 14.7 Å². The Morgan fingerprint density at radius 3 is 2.79 bits per heavy atom. The zero-order valence-electron chi connectivity index (χ0n) is 15.7. The second kappa shape index (κ2) is 7.56. The average molecular weight is 394 g/mol. The number of hydrogen-bond donors (Lipinski definition) is 0. The van der Waals surface area contributed by atoms with E-state index in [1.165, 1.54) is 23.5 Å². The monoisotopic (exact) mass is 393 g/mol. The molecule has 1 aliphatic carbocycles. The Bertz CT molecular complexity index is 1010. The SMILES string of the molecule is O=c1ccc(-c2ccncc2)nn1CC1CCCN1Cc1csc(C2CC2)n1. The molecule has 28 heavy (non-hydrogen) atoms. The van der Waals surface area contributed by atoms with Gasteiger partial charge in [0.05, 0.1) is 22.9 Å². The van der Waals surface area contributed by atoms with E-state index in [-0.39, 0.29) is 5.56 Å². The number of aromatic nitrogens is 4. The predicted octanol–water partition coefficient (Wildman–Crippen LogP) is 3.30. The van der Waals surface area contributed by atoms with Crippen molar-refractivity contribution in [3.63, 3.8) is 0 Å². The van der Waals surface area contributed by atoms with Crippen molar-refractivity contribution in [3.05, 3.63) is 63.1 Å². The summed E-state index contributed by atoms with van der Waals surface area (Å²) in [5.41, 5.74) is 2.90. The van der Waals surface area contributed by atoms with Gasteiger partial charge in [0, 0.05) is 47.9 Å². The lowest BCUT2D eigenvalue weighted by molar-refractivity contribution is 0.215. The normalized spacial score (nSPS) is 19.9. The van der Waals surface area contributed by atoms with Crippen molar-refractivity contribution in [3.8, 4) is 11.3 Å². The predicted molar refractivity (Wildman–Crippen MR) is 109 cm³/mol. The first-order chi connectivity index (χ1) is 13.8. The van der Waals surface area contributed by atoms with Crippen molar-refractivity contribution >= 4 is 11.3 Å². The molecule has 2 aliphatic rings. The smallest absolute Gasteiger partial charge is 0.266 e. The Morgan fingerprint density at radius 1 is 1.11 bits per heavy atom. The highest BCUT2D eigenvalue weighted by Crippen LogP contribution is 2.41. The van der Waals surface area contributed by atoms with Crippen LogP contribution in [-0.2, 0) is 13.1 Å². The fraction of sp³-hybridized carbons (Fsp3) is 0.429. The number of hydrogen-bond acceptors (Lipinski definition) is 6. The maximum atomic E-state index is 12.4. The zero-order chi connectivity index (χ0) is 18.9. The molecule has 0 N–H and O–H groups in total. The molecule has 0 spiro atoms. The summed E-state index contributed by atoms with van der Waals surface area (Å²) in [5, 5.41) is 8.12. The van der Waals surface area contributed by atoms with Crippen LogP contribution in [0.5, 0.6) is 0 Å². The summed E-state index contributed by atoms with van der Waals surface area (Å²) in [4.78, 5) is 23.7. The summed E-state index contributed by atoms with van der Waals surface area (Å²) in [7, 11) is 0. The van der Waals surface area contributed by atoms with E-state index in [1.807, 2.05) is 12.1 Å². The number of nitrogens with zero attached hydrogens (tertiary/aromatic N) is 5. The fourth-order valence-corrected chi connectivity index (χ4v) is 4.87. The van der Waals surface area contributed by atoms with Gasteiger partial charge in [-0.2, -0.15) is 5.10 Å². The maximum absolute atomic E-state index is 12.4. The van der Waals surface area contributed by atoms with Crippen LogP contribution in [0.15, 0.2) is 46.8 Å². The van der Waals surface area contributed by atoms with Crippen LogP contribution in [0.3, 0.4) is 0 Å². The Balaban J connectivity index is 1.32. The lowest BCUT2D eigenvalue weighted by atomic mass is 10.2. The topological polar surface area (TPSA) is 63.9 Å². The van der Waals surface area contributed by atoms with E-state index in [4.69, 9.17) is 4.98 Å². The molecule has 0 radical (unpaired) electrons. The van der Waals surface area contributed by atoms with Gasteiger partial charge in [0.1, 0.15) is 0 Å². The quantitative estimate of drug-likeness (QED) is 0.643. The summed E-state index contributed by atoms with van der Waals surface area (Å²) in [5.74, 6) is 0.715. The number of pyridine rings is 1. The van der Waals surface area contributed by atoms with Crippen LogP contribution in [0.25, 0.3) is 11.3 Å². The van der Waals surface area contributed by atoms with Crippen molar-refractivity contribution in [2.24, 2.45) is 0 Å². The van der Waals surface area contributed by atoms with Gasteiger partial charge in [0.2, 0.25) is 0 Å². The number of likely N-dealkylation sites (tertiary alicyclic amines) is 1. The summed E-state index contributed by atoms with van der Waals surface area (Å²) >= 11 is 1.80. The van der Waals surface area contributed by atoms with Gasteiger partial charge in [0.15, 0.2) is 0 Å². The Morgan fingerprint density at radius 2 is 1.96 bits per heavy atom. The molecule has 6 nitrogen and oxygen atoms in total. The minimum absolute atomic E-state index is 0.0469. The van der Waals surface area contributed by atoms with Crippen LogP contribution in [-0.4, -0.2) is 37.2 Å². The van der Waals surface area contributed by atoms with Crippen molar-refractivity contribution in [2.45, 2.75) is 50.7 Å². The molecule has 144 valence electrons. The number of thiazole rings is 1. The van der Waals surface area contributed by atoms with Gasteiger partial charge in [-0.15, -0.1) is 11.3 Å². The van der Waals surface area contributed by atoms with Crippen LogP contribution in [0.2, 0.25) is 0 Å². The van der Waals surface area contributed by atoms with E-state index in [0.29, 0.717) is 18.5 Å². The lowest BCUT2D eigenvalue weighted by Crippen LogP contribution is -2.36. The molecule has 0 bridgehead atoms. The number of rotatable bonds is 6. The van der Waals surface area contributed by atoms with Crippen molar-refractivity contribution in [1.82, 2.24) is 24.6 Å². The minimum atomic E-state index is -0.0469. The van der Waals surface area contributed by atoms with Crippen LogP contribution in [0.4, 0.5) is 0 Å². The molecule has 7 heteroatoms. The van der Waals surface area contributed by atoms with E-state index in [2.05, 4.69) is 20.4 Å². The largest absolute Gasteiger partial charge is 0.293 e. The minimum Gasteiger partial charge on any atom is -0.293 e. The summed E-state index contributed by atoms with van der Waals surface area (Å²) in [6, 6.07) is 7.56. The molecular formula is C21H23N5OS. The van der Waals surface area contributed by atoms with Gasteiger partial charge >= 0.3 is 0 Å². The molecule has 1 unspecified atom stereocenters.